The van der Waals surface area contributed by atoms with Crippen LogP contribution in [0.1, 0.15) is 5.56 Å². The van der Waals surface area contributed by atoms with Gasteiger partial charge in [0.25, 0.3) is 0 Å². The van der Waals surface area contributed by atoms with Crippen LogP contribution in [0.15, 0.2) is 66.7 Å². The Labute approximate surface area is 124 Å². The third kappa shape index (κ3) is 2.64. The zero-order chi connectivity index (χ0) is 14.7. The van der Waals surface area contributed by atoms with E-state index < -0.39 is 0 Å². The van der Waals surface area contributed by atoms with Crippen LogP contribution in [-0.4, -0.2) is 4.98 Å². The van der Waals surface area contributed by atoms with Crippen LogP contribution < -0.4 is 11.5 Å². The van der Waals surface area contributed by atoms with Crippen LogP contribution in [0.4, 0.5) is 5.82 Å². The highest BCUT2D eigenvalue weighted by Crippen LogP contribution is 2.31. The molecule has 3 aromatic rings. The summed E-state index contributed by atoms with van der Waals surface area (Å²) in [6.45, 7) is 0.373. The lowest BCUT2D eigenvalue weighted by Crippen LogP contribution is -2.07. The SMILES string of the molecule is NCc1c(-c2ccccc2)cc(-c2ccccc2)nc1N. The molecule has 3 nitrogen and oxygen atoms in total. The van der Waals surface area contributed by atoms with Gasteiger partial charge in [0.15, 0.2) is 0 Å². The minimum absolute atomic E-state index is 0.373. The summed E-state index contributed by atoms with van der Waals surface area (Å²) in [7, 11) is 0. The first-order valence-corrected chi connectivity index (χ1v) is 6.90. The molecular weight excluding hydrogens is 258 g/mol. The summed E-state index contributed by atoms with van der Waals surface area (Å²) in [6, 6.07) is 22.2. The molecule has 1 aromatic heterocycles. The van der Waals surface area contributed by atoms with E-state index in [0.717, 1.165) is 27.9 Å². The molecule has 0 unspecified atom stereocenters. The summed E-state index contributed by atoms with van der Waals surface area (Å²) in [5.74, 6) is 0.498. The molecule has 0 aliphatic heterocycles. The van der Waals surface area contributed by atoms with Gasteiger partial charge in [0.1, 0.15) is 5.82 Å². The predicted octanol–water partition coefficient (Wildman–Crippen LogP) is 3.46. The average molecular weight is 275 g/mol. The van der Waals surface area contributed by atoms with Gasteiger partial charge in [0.2, 0.25) is 0 Å². The molecule has 0 amide bonds. The molecule has 3 rings (SSSR count). The number of nitrogens with zero attached hydrogens (tertiary/aromatic N) is 1. The van der Waals surface area contributed by atoms with Gasteiger partial charge in [-0.05, 0) is 17.2 Å². The van der Waals surface area contributed by atoms with Gasteiger partial charge in [-0.3, -0.25) is 0 Å². The molecule has 0 spiro atoms. The van der Waals surface area contributed by atoms with Crippen molar-refractivity contribution in [2.24, 2.45) is 5.73 Å². The number of anilines is 1. The van der Waals surface area contributed by atoms with Crippen molar-refractivity contribution >= 4 is 5.82 Å². The lowest BCUT2D eigenvalue weighted by Gasteiger charge is -2.13. The van der Waals surface area contributed by atoms with E-state index in [1.165, 1.54) is 0 Å². The molecule has 1 heterocycles. The molecule has 0 aliphatic carbocycles. The Morgan fingerprint density at radius 1 is 0.810 bits per heavy atom. The van der Waals surface area contributed by atoms with Crippen LogP contribution in [-0.2, 0) is 6.54 Å². The number of hydrogen-bond donors (Lipinski definition) is 2. The van der Waals surface area contributed by atoms with Crippen molar-refractivity contribution in [1.82, 2.24) is 4.98 Å². The Kier molecular flexibility index (Phi) is 3.67. The zero-order valence-corrected chi connectivity index (χ0v) is 11.7. The third-order valence-electron chi connectivity index (χ3n) is 3.51. The molecule has 0 radical (unpaired) electrons. The number of rotatable bonds is 3. The molecule has 0 bridgehead atoms. The van der Waals surface area contributed by atoms with Gasteiger partial charge in [-0.15, -0.1) is 0 Å². The van der Waals surface area contributed by atoms with E-state index in [4.69, 9.17) is 11.5 Å². The number of nitrogens with two attached hydrogens (primary N) is 2. The maximum Gasteiger partial charge on any atom is 0.129 e. The lowest BCUT2D eigenvalue weighted by molar-refractivity contribution is 1.06. The summed E-state index contributed by atoms with van der Waals surface area (Å²) >= 11 is 0. The first-order chi connectivity index (χ1) is 10.3. The summed E-state index contributed by atoms with van der Waals surface area (Å²) in [4.78, 5) is 4.50. The van der Waals surface area contributed by atoms with E-state index in [1.807, 2.05) is 48.5 Å². The molecule has 3 heteroatoms. The van der Waals surface area contributed by atoms with E-state index in [9.17, 15) is 0 Å². The third-order valence-corrected chi connectivity index (χ3v) is 3.51. The van der Waals surface area contributed by atoms with Crippen LogP contribution in [0, 0.1) is 0 Å². The maximum absolute atomic E-state index is 6.12. The molecule has 104 valence electrons. The van der Waals surface area contributed by atoms with Gasteiger partial charge in [-0.2, -0.15) is 0 Å². The Morgan fingerprint density at radius 2 is 1.38 bits per heavy atom. The number of nitrogen functional groups attached to an aromatic ring is 1. The van der Waals surface area contributed by atoms with Crippen LogP contribution >= 0.6 is 0 Å². The normalized spacial score (nSPS) is 10.5. The smallest absolute Gasteiger partial charge is 0.129 e. The van der Waals surface area contributed by atoms with Gasteiger partial charge >= 0.3 is 0 Å². The largest absolute Gasteiger partial charge is 0.383 e. The Balaban J connectivity index is 2.21. The van der Waals surface area contributed by atoms with Crippen molar-refractivity contribution < 1.29 is 0 Å². The summed E-state index contributed by atoms with van der Waals surface area (Å²) in [5.41, 5.74) is 16.9. The second kappa shape index (κ2) is 5.77. The van der Waals surface area contributed by atoms with Gasteiger partial charge in [-0.25, -0.2) is 4.98 Å². The van der Waals surface area contributed by atoms with Crippen LogP contribution in [0.25, 0.3) is 22.4 Å². The highest BCUT2D eigenvalue weighted by molar-refractivity contribution is 5.77. The summed E-state index contributed by atoms with van der Waals surface area (Å²) in [6.07, 6.45) is 0. The predicted molar refractivity (Wildman–Crippen MR) is 87.4 cm³/mol. The van der Waals surface area contributed by atoms with E-state index in [1.54, 1.807) is 0 Å². The molecule has 0 atom stereocenters. The molecule has 4 N–H and O–H groups in total. The number of pyridine rings is 1. The number of benzene rings is 2. The lowest BCUT2D eigenvalue weighted by atomic mass is 9.98. The van der Waals surface area contributed by atoms with E-state index in [-0.39, 0.29) is 0 Å². The number of hydrogen-bond acceptors (Lipinski definition) is 3. The summed E-state index contributed by atoms with van der Waals surface area (Å²) < 4.78 is 0. The fraction of sp³-hybridized carbons (Fsp3) is 0.0556. The van der Waals surface area contributed by atoms with Crippen molar-refractivity contribution in [2.45, 2.75) is 6.54 Å². The van der Waals surface area contributed by atoms with Crippen LogP contribution in [0.5, 0.6) is 0 Å². The Morgan fingerprint density at radius 3 is 1.95 bits per heavy atom. The second-order valence-corrected chi connectivity index (χ2v) is 4.86. The van der Waals surface area contributed by atoms with Gasteiger partial charge in [0, 0.05) is 17.7 Å². The highest BCUT2D eigenvalue weighted by Gasteiger charge is 2.12. The van der Waals surface area contributed by atoms with Crippen molar-refractivity contribution in [3.05, 3.63) is 72.3 Å². The van der Waals surface area contributed by atoms with Crippen LogP contribution in [0.3, 0.4) is 0 Å². The average Bonchev–Trinajstić information content (AvgIpc) is 2.55. The molecular formula is C18H17N3. The minimum Gasteiger partial charge on any atom is -0.383 e. The van der Waals surface area contributed by atoms with Crippen LogP contribution in [0.2, 0.25) is 0 Å². The van der Waals surface area contributed by atoms with Crippen molar-refractivity contribution in [2.75, 3.05) is 5.73 Å². The first kappa shape index (κ1) is 13.3. The van der Waals surface area contributed by atoms with Crippen molar-refractivity contribution in [1.29, 1.82) is 0 Å². The zero-order valence-electron chi connectivity index (χ0n) is 11.7. The summed E-state index contributed by atoms with van der Waals surface area (Å²) in [5, 5.41) is 0. The number of aromatic nitrogens is 1. The monoisotopic (exact) mass is 275 g/mol. The van der Waals surface area contributed by atoms with Crippen molar-refractivity contribution in [3.63, 3.8) is 0 Å². The fourth-order valence-corrected chi connectivity index (χ4v) is 2.44. The van der Waals surface area contributed by atoms with E-state index in [0.29, 0.717) is 12.4 Å². The molecule has 0 saturated heterocycles. The Hall–Kier alpha value is -2.65. The Bertz CT molecular complexity index is 737. The van der Waals surface area contributed by atoms with E-state index in [2.05, 4.69) is 23.2 Å². The topological polar surface area (TPSA) is 64.9 Å². The van der Waals surface area contributed by atoms with Gasteiger partial charge in [0.05, 0.1) is 5.69 Å². The van der Waals surface area contributed by atoms with Crippen molar-refractivity contribution in [3.8, 4) is 22.4 Å². The van der Waals surface area contributed by atoms with Gasteiger partial charge in [-0.1, -0.05) is 60.7 Å². The van der Waals surface area contributed by atoms with Gasteiger partial charge < -0.3 is 11.5 Å². The standard InChI is InChI=1S/C18H17N3/c19-12-16-15(13-7-3-1-4-8-13)11-17(21-18(16)20)14-9-5-2-6-10-14/h1-11H,12,19H2,(H2,20,21). The molecule has 21 heavy (non-hydrogen) atoms. The molecule has 0 saturated carbocycles. The molecule has 0 aliphatic rings. The van der Waals surface area contributed by atoms with E-state index >= 15 is 0 Å². The highest BCUT2D eigenvalue weighted by atomic mass is 14.9. The molecule has 2 aromatic carbocycles. The second-order valence-electron chi connectivity index (χ2n) is 4.86. The maximum atomic E-state index is 6.12. The molecule has 0 fully saturated rings. The minimum atomic E-state index is 0.373. The fourth-order valence-electron chi connectivity index (χ4n) is 2.44. The first-order valence-electron chi connectivity index (χ1n) is 6.90. The quantitative estimate of drug-likeness (QED) is 0.769.